The fourth-order valence-corrected chi connectivity index (χ4v) is 2.69. The van der Waals surface area contributed by atoms with Crippen LogP contribution in [0.3, 0.4) is 0 Å². The normalized spacial score (nSPS) is 13.2. The average molecular weight is 288 g/mol. The monoisotopic (exact) mass is 287 g/mol. The van der Waals surface area contributed by atoms with Crippen molar-refractivity contribution in [2.45, 2.75) is 6.42 Å². The summed E-state index contributed by atoms with van der Waals surface area (Å²) in [5.41, 5.74) is 5.75. The minimum atomic E-state index is -0.0922. The fraction of sp³-hybridized carbons (Fsp3) is 0.133. The first-order valence-electron chi connectivity index (χ1n) is 6.36. The summed E-state index contributed by atoms with van der Waals surface area (Å²) in [6.45, 7) is 0.675. The number of carbonyl (C=O) groups excluding carboxylic acids is 1. The zero-order chi connectivity index (χ0) is 14.1. The Morgan fingerprint density at radius 2 is 2.05 bits per heavy atom. The third kappa shape index (κ3) is 2.13. The van der Waals surface area contributed by atoms with E-state index in [1.54, 1.807) is 23.1 Å². The van der Waals surface area contributed by atoms with Crippen LogP contribution in [0.4, 0.5) is 11.4 Å². The SMILES string of the molecule is NNc1ccc(Cl)cc1C(=O)N1CCc2ccccc21. The van der Waals surface area contributed by atoms with Gasteiger partial charge in [-0.15, -0.1) is 0 Å². The number of benzene rings is 2. The predicted octanol–water partition coefficient (Wildman–Crippen LogP) is 2.83. The smallest absolute Gasteiger partial charge is 0.260 e. The first kappa shape index (κ1) is 13.0. The lowest BCUT2D eigenvalue weighted by atomic mass is 10.1. The molecule has 102 valence electrons. The van der Waals surface area contributed by atoms with Crippen LogP contribution in [0.5, 0.6) is 0 Å². The van der Waals surface area contributed by atoms with Crippen LogP contribution in [0.2, 0.25) is 5.02 Å². The number of carbonyl (C=O) groups is 1. The van der Waals surface area contributed by atoms with Crippen molar-refractivity contribution in [3.8, 4) is 0 Å². The molecule has 0 saturated carbocycles. The number of nitrogens with two attached hydrogens (primary N) is 1. The highest BCUT2D eigenvalue weighted by Gasteiger charge is 2.26. The van der Waals surface area contributed by atoms with Gasteiger partial charge in [0.1, 0.15) is 0 Å². The minimum Gasteiger partial charge on any atom is -0.323 e. The number of fused-ring (bicyclic) bond motifs is 1. The molecule has 0 saturated heterocycles. The molecule has 1 aliphatic heterocycles. The fourth-order valence-electron chi connectivity index (χ4n) is 2.51. The Hall–Kier alpha value is -2.04. The van der Waals surface area contributed by atoms with Crippen LogP contribution in [-0.4, -0.2) is 12.5 Å². The Balaban J connectivity index is 2.00. The van der Waals surface area contributed by atoms with E-state index < -0.39 is 0 Å². The largest absolute Gasteiger partial charge is 0.323 e. The molecule has 0 fully saturated rings. The summed E-state index contributed by atoms with van der Waals surface area (Å²) in [6, 6.07) is 13.0. The van der Waals surface area contributed by atoms with Gasteiger partial charge in [-0.2, -0.15) is 0 Å². The van der Waals surface area contributed by atoms with Crippen molar-refractivity contribution in [2.75, 3.05) is 16.9 Å². The highest BCUT2D eigenvalue weighted by atomic mass is 35.5. The highest BCUT2D eigenvalue weighted by Crippen LogP contribution is 2.31. The second kappa shape index (κ2) is 5.15. The quantitative estimate of drug-likeness (QED) is 0.659. The first-order chi connectivity index (χ1) is 9.70. The van der Waals surface area contributed by atoms with Gasteiger partial charge in [0.2, 0.25) is 0 Å². The van der Waals surface area contributed by atoms with Gasteiger partial charge >= 0.3 is 0 Å². The maximum atomic E-state index is 12.7. The van der Waals surface area contributed by atoms with Crippen molar-refractivity contribution in [3.63, 3.8) is 0 Å². The number of nitrogen functional groups attached to an aromatic ring is 1. The number of nitrogens with one attached hydrogen (secondary N) is 1. The van der Waals surface area contributed by atoms with Gasteiger partial charge in [-0.3, -0.25) is 10.6 Å². The molecule has 0 aromatic heterocycles. The molecule has 4 nitrogen and oxygen atoms in total. The third-order valence-electron chi connectivity index (χ3n) is 3.50. The Kier molecular flexibility index (Phi) is 3.34. The Labute approximate surface area is 122 Å². The molecule has 0 bridgehead atoms. The van der Waals surface area contributed by atoms with Crippen molar-refractivity contribution in [2.24, 2.45) is 5.84 Å². The molecule has 3 rings (SSSR count). The van der Waals surface area contributed by atoms with Crippen molar-refractivity contribution >= 4 is 28.9 Å². The Morgan fingerprint density at radius 1 is 1.25 bits per heavy atom. The zero-order valence-electron chi connectivity index (χ0n) is 10.8. The molecular weight excluding hydrogens is 274 g/mol. The van der Waals surface area contributed by atoms with Gasteiger partial charge in [0.05, 0.1) is 11.3 Å². The molecule has 0 unspecified atom stereocenters. The maximum absolute atomic E-state index is 12.7. The van der Waals surface area contributed by atoms with Crippen LogP contribution in [0.25, 0.3) is 0 Å². The number of para-hydroxylation sites is 1. The molecule has 2 aromatic rings. The topological polar surface area (TPSA) is 58.4 Å². The average Bonchev–Trinajstić information content (AvgIpc) is 2.90. The number of halogens is 1. The zero-order valence-corrected chi connectivity index (χ0v) is 11.5. The molecule has 0 aliphatic carbocycles. The molecule has 20 heavy (non-hydrogen) atoms. The van der Waals surface area contributed by atoms with Crippen LogP contribution < -0.4 is 16.2 Å². The number of hydrogen-bond acceptors (Lipinski definition) is 3. The molecule has 0 atom stereocenters. The summed E-state index contributed by atoms with van der Waals surface area (Å²) in [7, 11) is 0. The molecule has 0 radical (unpaired) electrons. The van der Waals surface area contributed by atoms with Gasteiger partial charge in [-0.1, -0.05) is 29.8 Å². The van der Waals surface area contributed by atoms with Crippen LogP contribution in [0.15, 0.2) is 42.5 Å². The van der Waals surface area contributed by atoms with Gasteiger partial charge in [-0.05, 0) is 36.2 Å². The van der Waals surface area contributed by atoms with Crippen molar-refractivity contribution in [3.05, 3.63) is 58.6 Å². The van der Waals surface area contributed by atoms with E-state index in [9.17, 15) is 4.79 Å². The van der Waals surface area contributed by atoms with Crippen LogP contribution in [-0.2, 0) is 6.42 Å². The van der Waals surface area contributed by atoms with E-state index in [4.69, 9.17) is 17.4 Å². The molecule has 1 heterocycles. The molecule has 0 spiro atoms. The molecule has 2 aromatic carbocycles. The van der Waals surface area contributed by atoms with Crippen LogP contribution >= 0.6 is 11.6 Å². The summed E-state index contributed by atoms with van der Waals surface area (Å²) in [5, 5.41) is 0.514. The number of hydrogen-bond donors (Lipinski definition) is 2. The van der Waals surface area contributed by atoms with Crippen molar-refractivity contribution in [1.29, 1.82) is 0 Å². The minimum absolute atomic E-state index is 0.0922. The van der Waals surface area contributed by atoms with Gasteiger partial charge in [0, 0.05) is 17.3 Å². The van der Waals surface area contributed by atoms with E-state index in [0.29, 0.717) is 22.8 Å². The van der Waals surface area contributed by atoms with Crippen molar-refractivity contribution < 1.29 is 4.79 Å². The van der Waals surface area contributed by atoms with Gasteiger partial charge in [-0.25, -0.2) is 0 Å². The second-order valence-corrected chi connectivity index (χ2v) is 5.11. The number of rotatable bonds is 2. The number of hydrazine groups is 1. The number of amides is 1. The molecule has 3 N–H and O–H groups in total. The lowest BCUT2D eigenvalue weighted by molar-refractivity contribution is 0.0990. The lowest BCUT2D eigenvalue weighted by Crippen LogP contribution is -2.30. The highest BCUT2D eigenvalue weighted by molar-refractivity contribution is 6.31. The standard InChI is InChI=1S/C15H14ClN3O/c16-11-5-6-13(18-17)12(9-11)15(20)19-8-7-10-3-1-2-4-14(10)19/h1-6,9,18H,7-8,17H2. The summed E-state index contributed by atoms with van der Waals surface area (Å²) < 4.78 is 0. The molecule has 1 aliphatic rings. The van der Waals surface area contributed by atoms with Gasteiger partial charge in [0.15, 0.2) is 0 Å². The summed E-state index contributed by atoms with van der Waals surface area (Å²) in [4.78, 5) is 14.5. The predicted molar refractivity (Wildman–Crippen MR) is 81.1 cm³/mol. The van der Waals surface area contributed by atoms with Crippen LogP contribution in [0, 0.1) is 0 Å². The summed E-state index contributed by atoms with van der Waals surface area (Å²) >= 11 is 5.99. The van der Waals surface area contributed by atoms with E-state index in [1.165, 1.54) is 5.56 Å². The van der Waals surface area contributed by atoms with E-state index in [-0.39, 0.29) is 5.91 Å². The molecular formula is C15H14ClN3O. The van der Waals surface area contributed by atoms with E-state index in [2.05, 4.69) is 5.43 Å². The maximum Gasteiger partial charge on any atom is 0.260 e. The lowest BCUT2D eigenvalue weighted by Gasteiger charge is -2.19. The Morgan fingerprint density at radius 3 is 2.85 bits per heavy atom. The van der Waals surface area contributed by atoms with Gasteiger partial charge < -0.3 is 10.3 Å². The van der Waals surface area contributed by atoms with E-state index in [1.807, 2.05) is 24.3 Å². The third-order valence-corrected chi connectivity index (χ3v) is 3.73. The number of nitrogens with zero attached hydrogens (tertiary/aromatic N) is 1. The molecule has 5 heteroatoms. The second-order valence-electron chi connectivity index (χ2n) is 4.67. The van der Waals surface area contributed by atoms with E-state index >= 15 is 0 Å². The summed E-state index contributed by atoms with van der Waals surface area (Å²) in [5.74, 6) is 5.38. The van der Waals surface area contributed by atoms with Crippen molar-refractivity contribution in [1.82, 2.24) is 0 Å². The first-order valence-corrected chi connectivity index (χ1v) is 6.74. The molecule has 1 amide bonds. The summed E-state index contributed by atoms with van der Waals surface area (Å²) in [6.07, 6.45) is 0.869. The van der Waals surface area contributed by atoms with Crippen LogP contribution in [0.1, 0.15) is 15.9 Å². The number of anilines is 2. The Bertz CT molecular complexity index is 672. The van der Waals surface area contributed by atoms with Gasteiger partial charge in [0.25, 0.3) is 5.91 Å². The van der Waals surface area contributed by atoms with E-state index in [0.717, 1.165) is 12.1 Å².